The van der Waals surface area contributed by atoms with Crippen LogP contribution in [0.3, 0.4) is 0 Å². The Morgan fingerprint density at radius 1 is 0.857 bits per heavy atom. The van der Waals surface area contributed by atoms with E-state index in [-0.39, 0.29) is 11.7 Å². The highest BCUT2D eigenvalue weighted by molar-refractivity contribution is 9.10. The number of halogens is 1. The fourth-order valence-corrected chi connectivity index (χ4v) is 4.74. The van der Waals surface area contributed by atoms with Gasteiger partial charge in [-0.25, -0.2) is 0 Å². The molecule has 3 aromatic carbocycles. The lowest BCUT2D eigenvalue weighted by Crippen LogP contribution is -2.52. The van der Waals surface area contributed by atoms with Crippen LogP contribution in [0.4, 0.5) is 5.69 Å². The molecule has 0 bridgehead atoms. The zero-order valence-corrected chi connectivity index (χ0v) is 16.5. The van der Waals surface area contributed by atoms with Crippen LogP contribution in [0, 0.1) is 0 Å². The maximum atomic E-state index is 13.8. The van der Waals surface area contributed by atoms with Gasteiger partial charge in [-0.05, 0) is 41.0 Å². The monoisotopic (exact) mass is 429 g/mol. The van der Waals surface area contributed by atoms with Crippen LogP contribution in [0.5, 0.6) is 0 Å². The van der Waals surface area contributed by atoms with E-state index in [1.54, 1.807) is 11.0 Å². The van der Waals surface area contributed by atoms with Gasteiger partial charge < -0.3 is 0 Å². The minimum atomic E-state index is -1.07. The lowest BCUT2D eigenvalue weighted by Gasteiger charge is -2.41. The van der Waals surface area contributed by atoms with Gasteiger partial charge in [-0.2, -0.15) is 0 Å². The molecule has 2 aliphatic rings. The molecule has 0 spiro atoms. The number of rotatable bonds is 2. The Labute approximate surface area is 171 Å². The van der Waals surface area contributed by atoms with Gasteiger partial charge in [0.2, 0.25) is 0 Å². The van der Waals surface area contributed by atoms with Gasteiger partial charge in [0, 0.05) is 22.5 Å². The fourth-order valence-electron chi connectivity index (χ4n) is 4.34. The zero-order chi connectivity index (χ0) is 19.3. The highest BCUT2D eigenvalue weighted by atomic mass is 79.9. The Morgan fingerprint density at radius 2 is 1.61 bits per heavy atom. The first-order valence-electron chi connectivity index (χ1n) is 9.11. The number of anilines is 1. The Hall–Kier alpha value is -2.98. The van der Waals surface area contributed by atoms with Gasteiger partial charge in [-0.1, -0.05) is 70.5 Å². The van der Waals surface area contributed by atoms with Crippen molar-refractivity contribution in [2.24, 2.45) is 0 Å². The van der Waals surface area contributed by atoms with Crippen LogP contribution in [0.25, 0.3) is 5.57 Å². The summed E-state index contributed by atoms with van der Waals surface area (Å²) in [5.41, 5.74) is 2.87. The smallest absolute Gasteiger partial charge is 0.252 e. The largest absolute Gasteiger partial charge is 0.291 e. The predicted octanol–water partition coefficient (Wildman–Crippen LogP) is 5.36. The molecule has 0 radical (unpaired) electrons. The number of para-hydroxylation sites is 1. The van der Waals surface area contributed by atoms with Crippen LogP contribution in [0.1, 0.15) is 27.9 Å². The van der Waals surface area contributed by atoms with Gasteiger partial charge in [-0.3, -0.25) is 14.5 Å². The molecule has 1 atom stereocenters. The molecular formula is C24H16BrNO2. The average Bonchev–Trinajstić information content (AvgIpc) is 2.99. The normalized spacial score (nSPS) is 20.6. The number of hydrogen-bond acceptors (Lipinski definition) is 2. The molecule has 0 aliphatic carbocycles. The molecule has 0 saturated carbocycles. The number of benzene rings is 3. The second-order valence-electron chi connectivity index (χ2n) is 7.10. The summed E-state index contributed by atoms with van der Waals surface area (Å²) in [5.74, 6) is -0.195. The molecule has 4 heteroatoms. The SMILES string of the molecule is O=C1C=C(c2ccccc2)C[C@]2(c3cccc(Br)c3)C(=O)c3ccccc3N12. The summed E-state index contributed by atoms with van der Waals surface area (Å²) in [6.07, 6.45) is 2.10. The Kier molecular flexibility index (Phi) is 3.84. The lowest BCUT2D eigenvalue weighted by molar-refractivity contribution is -0.115. The van der Waals surface area contributed by atoms with Crippen LogP contribution in [-0.2, 0) is 10.3 Å². The lowest BCUT2D eigenvalue weighted by atomic mass is 9.76. The molecule has 0 aromatic heterocycles. The molecular weight excluding hydrogens is 414 g/mol. The third-order valence-electron chi connectivity index (χ3n) is 5.56. The molecule has 1 amide bonds. The van der Waals surface area contributed by atoms with Crippen molar-refractivity contribution < 1.29 is 9.59 Å². The van der Waals surface area contributed by atoms with E-state index in [9.17, 15) is 9.59 Å². The Bertz CT molecular complexity index is 1150. The highest BCUT2D eigenvalue weighted by Gasteiger charge is 2.56. The molecule has 2 aliphatic heterocycles. The van der Waals surface area contributed by atoms with Crippen molar-refractivity contribution in [2.45, 2.75) is 12.0 Å². The van der Waals surface area contributed by atoms with Gasteiger partial charge in [0.05, 0.1) is 5.69 Å². The highest BCUT2D eigenvalue weighted by Crippen LogP contribution is 2.52. The standard InChI is InChI=1S/C24H16BrNO2/c25-19-10-6-9-18(14-19)24-15-17(16-7-2-1-3-8-16)13-22(27)26(24)21-12-5-4-11-20(21)23(24)28/h1-14H,15H2/t24-/m0/s1. The molecule has 2 heterocycles. The van der Waals surface area contributed by atoms with Gasteiger partial charge in [0.15, 0.2) is 5.78 Å². The van der Waals surface area contributed by atoms with Crippen molar-refractivity contribution in [3.8, 4) is 0 Å². The molecule has 0 fully saturated rings. The van der Waals surface area contributed by atoms with E-state index >= 15 is 0 Å². The summed E-state index contributed by atoms with van der Waals surface area (Å²) >= 11 is 3.52. The molecule has 28 heavy (non-hydrogen) atoms. The molecule has 136 valence electrons. The average molecular weight is 430 g/mol. The van der Waals surface area contributed by atoms with E-state index in [1.807, 2.05) is 78.9 Å². The number of fused-ring (bicyclic) bond motifs is 3. The number of hydrogen-bond donors (Lipinski definition) is 0. The van der Waals surface area contributed by atoms with Crippen molar-refractivity contribution in [3.05, 3.63) is 106 Å². The number of Topliss-reactive ketones (excluding diaryl/α,β-unsaturated/α-hetero) is 1. The van der Waals surface area contributed by atoms with Gasteiger partial charge in [0.1, 0.15) is 5.54 Å². The summed E-state index contributed by atoms with van der Waals surface area (Å²) in [7, 11) is 0. The molecule has 0 N–H and O–H groups in total. The van der Waals surface area contributed by atoms with Crippen LogP contribution in [0.2, 0.25) is 0 Å². The maximum Gasteiger partial charge on any atom is 0.252 e. The third kappa shape index (κ3) is 2.34. The summed E-state index contributed by atoms with van der Waals surface area (Å²) in [4.78, 5) is 28.7. The van der Waals surface area contributed by atoms with Crippen molar-refractivity contribution in [1.29, 1.82) is 0 Å². The summed E-state index contributed by atoms with van der Waals surface area (Å²) in [6, 6.07) is 24.9. The minimum absolute atomic E-state index is 0.0314. The number of carbonyl (C=O) groups is 2. The van der Waals surface area contributed by atoms with Crippen molar-refractivity contribution in [1.82, 2.24) is 0 Å². The molecule has 0 saturated heterocycles. The van der Waals surface area contributed by atoms with Crippen LogP contribution >= 0.6 is 15.9 Å². The number of nitrogens with zero attached hydrogens (tertiary/aromatic N) is 1. The molecule has 0 unspecified atom stereocenters. The van der Waals surface area contributed by atoms with E-state index in [0.717, 1.165) is 21.2 Å². The van der Waals surface area contributed by atoms with Crippen LogP contribution in [0.15, 0.2) is 89.4 Å². The Morgan fingerprint density at radius 3 is 2.39 bits per heavy atom. The quantitative estimate of drug-likeness (QED) is 0.549. The van der Waals surface area contributed by atoms with Crippen molar-refractivity contribution in [3.63, 3.8) is 0 Å². The zero-order valence-electron chi connectivity index (χ0n) is 14.9. The van der Waals surface area contributed by atoms with E-state index in [1.165, 1.54) is 0 Å². The first-order valence-corrected chi connectivity index (χ1v) is 9.90. The van der Waals surface area contributed by atoms with Gasteiger partial charge >= 0.3 is 0 Å². The van der Waals surface area contributed by atoms with Crippen molar-refractivity contribution in [2.75, 3.05) is 4.90 Å². The number of amides is 1. The van der Waals surface area contributed by atoms with Crippen LogP contribution in [-0.4, -0.2) is 11.7 Å². The van der Waals surface area contributed by atoms with E-state index < -0.39 is 5.54 Å². The fraction of sp³-hybridized carbons (Fsp3) is 0.0833. The molecule has 3 nitrogen and oxygen atoms in total. The first kappa shape index (κ1) is 17.1. The van der Waals surface area contributed by atoms with Crippen molar-refractivity contribution >= 4 is 38.9 Å². The summed E-state index contributed by atoms with van der Waals surface area (Å²) < 4.78 is 0.881. The summed E-state index contributed by atoms with van der Waals surface area (Å²) in [6.45, 7) is 0. The van der Waals surface area contributed by atoms with E-state index in [4.69, 9.17) is 0 Å². The van der Waals surface area contributed by atoms with E-state index in [0.29, 0.717) is 17.7 Å². The second kappa shape index (κ2) is 6.28. The number of ketones is 1. The van der Waals surface area contributed by atoms with E-state index in [2.05, 4.69) is 15.9 Å². The van der Waals surface area contributed by atoms with Gasteiger partial charge in [-0.15, -0.1) is 0 Å². The third-order valence-corrected chi connectivity index (χ3v) is 6.05. The first-order chi connectivity index (χ1) is 13.6. The number of carbonyl (C=O) groups excluding carboxylic acids is 2. The molecule has 3 aromatic rings. The minimum Gasteiger partial charge on any atom is -0.291 e. The summed E-state index contributed by atoms with van der Waals surface area (Å²) in [5, 5.41) is 0. The predicted molar refractivity (Wildman–Crippen MR) is 113 cm³/mol. The van der Waals surface area contributed by atoms with Crippen LogP contribution < -0.4 is 4.90 Å². The maximum absolute atomic E-state index is 13.8. The molecule has 5 rings (SSSR count). The van der Waals surface area contributed by atoms with Gasteiger partial charge in [0.25, 0.3) is 5.91 Å². The second-order valence-corrected chi connectivity index (χ2v) is 8.02. The topological polar surface area (TPSA) is 37.4 Å². The Balaban J connectivity index is 1.78.